The molecular formula is C14H18N2O2. The van der Waals surface area contributed by atoms with Crippen LogP contribution in [0.15, 0.2) is 29.4 Å². The van der Waals surface area contributed by atoms with E-state index in [1.807, 2.05) is 18.2 Å². The van der Waals surface area contributed by atoms with Crippen LogP contribution in [0.2, 0.25) is 0 Å². The van der Waals surface area contributed by atoms with Crippen molar-refractivity contribution in [3.63, 3.8) is 0 Å². The van der Waals surface area contributed by atoms with Crippen molar-refractivity contribution >= 4 is 11.7 Å². The number of esters is 1. The summed E-state index contributed by atoms with van der Waals surface area (Å²) in [5, 5.41) is 0. The van der Waals surface area contributed by atoms with E-state index in [-0.39, 0.29) is 12.6 Å². The fourth-order valence-corrected chi connectivity index (χ4v) is 1.92. The number of carbonyl (C=O) groups excluding carboxylic acids is 1. The average molecular weight is 246 g/mol. The fraction of sp³-hybridized carbons (Fsp3) is 0.500. The zero-order chi connectivity index (χ0) is 12.6. The highest BCUT2D eigenvalue weighted by atomic mass is 16.5. The maximum absolute atomic E-state index is 11.9. The predicted molar refractivity (Wildman–Crippen MR) is 69.4 cm³/mol. The minimum Gasteiger partial charge on any atom is -0.455 e. The molecule has 0 aromatic carbocycles. The largest absolute Gasteiger partial charge is 0.455 e. The Hall–Kier alpha value is -1.71. The molecular weight excluding hydrogens is 228 g/mol. The summed E-state index contributed by atoms with van der Waals surface area (Å²) < 4.78 is 5.23. The van der Waals surface area contributed by atoms with Crippen molar-refractivity contribution in [3.05, 3.63) is 30.1 Å². The van der Waals surface area contributed by atoms with Gasteiger partial charge in [-0.3, -0.25) is 9.98 Å². The lowest BCUT2D eigenvalue weighted by molar-refractivity contribution is -0.137. The molecule has 1 aliphatic rings. The van der Waals surface area contributed by atoms with Crippen LogP contribution in [0.25, 0.3) is 0 Å². The van der Waals surface area contributed by atoms with E-state index in [0.717, 1.165) is 31.5 Å². The number of hydrogen-bond donors (Lipinski definition) is 0. The Labute approximate surface area is 107 Å². The highest BCUT2D eigenvalue weighted by Gasteiger charge is 2.14. The van der Waals surface area contributed by atoms with Crippen LogP contribution in [0, 0.1) is 0 Å². The number of carbonyl (C=O) groups is 1. The molecule has 0 bridgehead atoms. The van der Waals surface area contributed by atoms with Crippen molar-refractivity contribution in [3.8, 4) is 0 Å². The molecule has 0 aliphatic carbocycles. The van der Waals surface area contributed by atoms with Gasteiger partial charge in [0.1, 0.15) is 12.3 Å². The molecule has 0 saturated heterocycles. The molecule has 0 N–H and O–H groups in total. The zero-order valence-electron chi connectivity index (χ0n) is 10.5. The van der Waals surface area contributed by atoms with Crippen molar-refractivity contribution in [2.45, 2.75) is 38.7 Å². The summed E-state index contributed by atoms with van der Waals surface area (Å²) in [6.07, 6.45) is 6.90. The van der Waals surface area contributed by atoms with Gasteiger partial charge in [-0.1, -0.05) is 18.9 Å². The molecule has 0 unspecified atom stereocenters. The third-order valence-corrected chi connectivity index (χ3v) is 2.94. The van der Waals surface area contributed by atoms with Gasteiger partial charge in [-0.2, -0.15) is 0 Å². The van der Waals surface area contributed by atoms with Crippen LogP contribution in [-0.2, 0) is 16.1 Å². The first kappa shape index (κ1) is 12.7. The third-order valence-electron chi connectivity index (χ3n) is 2.94. The summed E-state index contributed by atoms with van der Waals surface area (Å²) in [5.41, 5.74) is 1.35. The summed E-state index contributed by atoms with van der Waals surface area (Å²) in [5.74, 6) is -0.289. The lowest BCUT2D eigenvalue weighted by Crippen LogP contribution is -2.19. The highest BCUT2D eigenvalue weighted by Crippen LogP contribution is 2.10. The molecule has 4 nitrogen and oxygen atoms in total. The SMILES string of the molecule is O=C(OCc1ccccn1)C1=NCCCCCC1. The average Bonchev–Trinajstić information content (AvgIpc) is 2.37. The van der Waals surface area contributed by atoms with E-state index >= 15 is 0 Å². The first-order chi connectivity index (χ1) is 8.86. The second-order valence-electron chi connectivity index (χ2n) is 4.39. The summed E-state index contributed by atoms with van der Waals surface area (Å²) in [6.45, 7) is 0.965. The zero-order valence-corrected chi connectivity index (χ0v) is 10.5. The van der Waals surface area contributed by atoms with Crippen molar-refractivity contribution in [2.75, 3.05) is 6.54 Å². The van der Waals surface area contributed by atoms with Crippen LogP contribution in [0.1, 0.15) is 37.8 Å². The fourth-order valence-electron chi connectivity index (χ4n) is 1.92. The van der Waals surface area contributed by atoms with Crippen molar-refractivity contribution < 1.29 is 9.53 Å². The van der Waals surface area contributed by atoms with E-state index in [1.165, 1.54) is 12.8 Å². The number of rotatable bonds is 3. The molecule has 1 aromatic heterocycles. The monoisotopic (exact) mass is 246 g/mol. The molecule has 1 aromatic rings. The minimum absolute atomic E-state index is 0.221. The molecule has 2 rings (SSSR count). The van der Waals surface area contributed by atoms with Crippen LogP contribution in [0.4, 0.5) is 0 Å². The van der Waals surface area contributed by atoms with E-state index in [1.54, 1.807) is 6.20 Å². The van der Waals surface area contributed by atoms with E-state index in [4.69, 9.17) is 4.74 Å². The van der Waals surface area contributed by atoms with E-state index < -0.39 is 0 Å². The molecule has 0 spiro atoms. The Morgan fingerprint density at radius 1 is 1.22 bits per heavy atom. The standard InChI is InChI=1S/C14H18N2O2/c17-14(13-8-3-1-2-5-10-16-13)18-11-12-7-4-6-9-15-12/h4,6-7,9H,1-3,5,8,10-11H2. The second-order valence-corrected chi connectivity index (χ2v) is 4.39. The predicted octanol–water partition coefficient (Wildman–Crippen LogP) is 2.53. The van der Waals surface area contributed by atoms with Crippen molar-refractivity contribution in [1.29, 1.82) is 0 Å². The molecule has 0 radical (unpaired) electrons. The normalized spacial score (nSPS) is 16.3. The number of hydrogen-bond acceptors (Lipinski definition) is 4. The van der Waals surface area contributed by atoms with Crippen LogP contribution < -0.4 is 0 Å². The maximum atomic E-state index is 11.9. The maximum Gasteiger partial charge on any atom is 0.352 e. The van der Waals surface area contributed by atoms with Gasteiger partial charge in [-0.15, -0.1) is 0 Å². The topological polar surface area (TPSA) is 51.5 Å². The number of aliphatic imine (C=N–C) groups is 1. The Bertz CT molecular complexity index is 415. The number of ether oxygens (including phenoxy) is 1. The van der Waals surface area contributed by atoms with E-state index in [2.05, 4.69) is 9.98 Å². The van der Waals surface area contributed by atoms with Crippen molar-refractivity contribution in [2.24, 2.45) is 4.99 Å². The molecule has 96 valence electrons. The van der Waals surface area contributed by atoms with Gasteiger partial charge in [0.25, 0.3) is 0 Å². The molecule has 18 heavy (non-hydrogen) atoms. The molecule has 0 fully saturated rings. The minimum atomic E-state index is -0.289. The summed E-state index contributed by atoms with van der Waals surface area (Å²) >= 11 is 0. The molecule has 0 amide bonds. The number of nitrogens with zero attached hydrogens (tertiary/aromatic N) is 2. The van der Waals surface area contributed by atoms with Crippen LogP contribution in [-0.4, -0.2) is 23.2 Å². The smallest absolute Gasteiger partial charge is 0.352 e. The Morgan fingerprint density at radius 3 is 2.94 bits per heavy atom. The van der Waals surface area contributed by atoms with Gasteiger partial charge in [0, 0.05) is 12.7 Å². The van der Waals surface area contributed by atoms with Gasteiger partial charge in [0.2, 0.25) is 0 Å². The lowest BCUT2D eigenvalue weighted by Gasteiger charge is -2.10. The quantitative estimate of drug-likeness (QED) is 0.770. The Balaban J connectivity index is 1.87. The Kier molecular flexibility index (Phi) is 4.88. The number of pyridine rings is 1. The van der Waals surface area contributed by atoms with Crippen LogP contribution in [0.5, 0.6) is 0 Å². The van der Waals surface area contributed by atoms with Gasteiger partial charge >= 0.3 is 5.97 Å². The lowest BCUT2D eigenvalue weighted by atomic mass is 10.1. The molecule has 2 heterocycles. The molecule has 0 saturated carbocycles. The van der Waals surface area contributed by atoms with Crippen LogP contribution >= 0.6 is 0 Å². The first-order valence-electron chi connectivity index (χ1n) is 6.46. The first-order valence-corrected chi connectivity index (χ1v) is 6.46. The highest BCUT2D eigenvalue weighted by molar-refractivity contribution is 6.36. The summed E-state index contributed by atoms with van der Waals surface area (Å²) in [4.78, 5) is 20.3. The van der Waals surface area contributed by atoms with Gasteiger partial charge in [0.05, 0.1) is 5.69 Å². The summed E-state index contributed by atoms with van der Waals surface area (Å²) in [6, 6.07) is 5.56. The van der Waals surface area contributed by atoms with Crippen LogP contribution in [0.3, 0.4) is 0 Å². The second kappa shape index (κ2) is 6.89. The van der Waals surface area contributed by atoms with E-state index in [9.17, 15) is 4.79 Å². The molecule has 0 atom stereocenters. The summed E-state index contributed by atoms with van der Waals surface area (Å²) in [7, 11) is 0. The van der Waals surface area contributed by atoms with E-state index in [0.29, 0.717) is 5.71 Å². The van der Waals surface area contributed by atoms with Gasteiger partial charge in [-0.25, -0.2) is 4.79 Å². The molecule has 1 aliphatic heterocycles. The molecule has 4 heteroatoms. The number of aromatic nitrogens is 1. The van der Waals surface area contributed by atoms with Crippen molar-refractivity contribution in [1.82, 2.24) is 4.98 Å². The van der Waals surface area contributed by atoms with Gasteiger partial charge < -0.3 is 4.74 Å². The van der Waals surface area contributed by atoms with Gasteiger partial charge in [0.15, 0.2) is 0 Å². The Morgan fingerprint density at radius 2 is 2.11 bits per heavy atom. The van der Waals surface area contributed by atoms with Gasteiger partial charge in [-0.05, 0) is 31.4 Å². The third kappa shape index (κ3) is 3.95.